The SMILES string of the molecule is O=C1C[C@H](c2cc3ccccc3c3ccccc23)C2(C(=O)c3ccccc3C2=O)[C@@H](c2cc3ccccc3c3ccccc23)C1. The number of Topliss-reactive ketones (excluding diaryl/α,β-unsaturated/α-hetero) is 3. The number of ketones is 3. The lowest BCUT2D eigenvalue weighted by Gasteiger charge is -2.45. The number of carbonyl (C=O) groups is 3. The van der Waals surface area contributed by atoms with Gasteiger partial charge in [0, 0.05) is 35.8 Å². The number of rotatable bonds is 2. The van der Waals surface area contributed by atoms with Crippen LogP contribution in [0.1, 0.15) is 56.5 Å². The van der Waals surface area contributed by atoms with Gasteiger partial charge in [-0.05, 0) is 54.2 Å². The number of hydrogen-bond acceptors (Lipinski definition) is 3. The summed E-state index contributed by atoms with van der Waals surface area (Å²) in [6.45, 7) is 0. The molecule has 2 aliphatic rings. The molecule has 2 aliphatic carbocycles. The average molecular weight is 581 g/mol. The normalized spacial score (nSPS) is 19.2. The monoisotopic (exact) mass is 580 g/mol. The van der Waals surface area contributed by atoms with Crippen LogP contribution in [-0.4, -0.2) is 17.3 Å². The van der Waals surface area contributed by atoms with Crippen LogP contribution in [0.15, 0.2) is 133 Å². The third kappa shape index (κ3) is 3.49. The summed E-state index contributed by atoms with van der Waals surface area (Å²) in [5, 5.41) is 8.35. The molecule has 0 bridgehead atoms. The Morgan fingerprint density at radius 1 is 0.422 bits per heavy atom. The van der Waals surface area contributed by atoms with Gasteiger partial charge in [-0.3, -0.25) is 14.4 Å². The Balaban J connectivity index is 1.41. The van der Waals surface area contributed by atoms with E-state index in [2.05, 4.69) is 60.7 Å². The molecule has 7 aromatic rings. The van der Waals surface area contributed by atoms with Crippen LogP contribution in [0.25, 0.3) is 43.1 Å². The molecule has 0 heterocycles. The van der Waals surface area contributed by atoms with Crippen LogP contribution in [0, 0.1) is 5.41 Å². The second-order valence-electron chi connectivity index (χ2n) is 12.6. The Kier molecular flexibility index (Phi) is 5.52. The molecule has 0 N–H and O–H groups in total. The van der Waals surface area contributed by atoms with Gasteiger partial charge < -0.3 is 0 Å². The van der Waals surface area contributed by atoms with E-state index >= 15 is 9.59 Å². The van der Waals surface area contributed by atoms with Crippen LogP contribution in [-0.2, 0) is 4.79 Å². The predicted molar refractivity (Wildman–Crippen MR) is 180 cm³/mol. The summed E-state index contributed by atoms with van der Waals surface area (Å²) in [5.41, 5.74) is 1.24. The number of hydrogen-bond donors (Lipinski definition) is 0. The fourth-order valence-electron chi connectivity index (χ4n) is 8.62. The van der Waals surface area contributed by atoms with Gasteiger partial charge in [0.2, 0.25) is 0 Å². The zero-order valence-electron chi connectivity index (χ0n) is 24.5. The molecule has 2 atom stereocenters. The highest BCUT2D eigenvalue weighted by Crippen LogP contribution is 2.62. The minimum atomic E-state index is -1.46. The maximum Gasteiger partial charge on any atom is 0.178 e. The van der Waals surface area contributed by atoms with E-state index in [1.54, 1.807) is 12.1 Å². The molecule has 7 aromatic carbocycles. The van der Waals surface area contributed by atoms with Crippen molar-refractivity contribution in [1.29, 1.82) is 0 Å². The van der Waals surface area contributed by atoms with Gasteiger partial charge >= 0.3 is 0 Å². The van der Waals surface area contributed by atoms with Crippen molar-refractivity contribution in [1.82, 2.24) is 0 Å². The van der Waals surface area contributed by atoms with Gasteiger partial charge in [-0.15, -0.1) is 0 Å². The van der Waals surface area contributed by atoms with E-state index in [9.17, 15) is 4.79 Å². The van der Waals surface area contributed by atoms with Gasteiger partial charge in [-0.25, -0.2) is 0 Å². The smallest absolute Gasteiger partial charge is 0.178 e. The highest BCUT2D eigenvalue weighted by atomic mass is 16.2. The Morgan fingerprint density at radius 3 is 1.22 bits per heavy atom. The molecule has 1 spiro atoms. The predicted octanol–water partition coefficient (Wildman–Crippen LogP) is 9.60. The van der Waals surface area contributed by atoms with Crippen LogP contribution < -0.4 is 0 Å². The third-order valence-electron chi connectivity index (χ3n) is 10.5. The van der Waals surface area contributed by atoms with Gasteiger partial charge in [0.1, 0.15) is 11.2 Å². The number of benzene rings is 7. The summed E-state index contributed by atoms with van der Waals surface area (Å²) in [7, 11) is 0. The minimum Gasteiger partial charge on any atom is -0.300 e. The Morgan fingerprint density at radius 2 is 0.778 bits per heavy atom. The first-order valence-corrected chi connectivity index (χ1v) is 15.6. The largest absolute Gasteiger partial charge is 0.300 e. The molecule has 45 heavy (non-hydrogen) atoms. The van der Waals surface area contributed by atoms with E-state index in [-0.39, 0.29) is 30.2 Å². The highest BCUT2D eigenvalue weighted by molar-refractivity contribution is 6.32. The molecule has 0 amide bonds. The minimum absolute atomic E-state index is 0.0710. The average Bonchev–Trinajstić information content (AvgIpc) is 3.31. The van der Waals surface area contributed by atoms with Crippen LogP contribution in [0.5, 0.6) is 0 Å². The van der Waals surface area contributed by atoms with Gasteiger partial charge in [0.25, 0.3) is 0 Å². The number of carbonyl (C=O) groups excluding carboxylic acids is 3. The second kappa shape index (κ2) is 9.54. The molecule has 0 aliphatic heterocycles. The van der Waals surface area contributed by atoms with Crippen molar-refractivity contribution in [2.24, 2.45) is 5.41 Å². The summed E-state index contributed by atoms with van der Waals surface area (Å²) in [6.07, 6.45) is 0.269. The Labute approximate surface area is 260 Å². The molecule has 3 heteroatoms. The molecule has 1 saturated carbocycles. The summed E-state index contributed by atoms with van der Waals surface area (Å²) in [5.74, 6) is -1.52. The summed E-state index contributed by atoms with van der Waals surface area (Å²) in [4.78, 5) is 44.3. The van der Waals surface area contributed by atoms with E-state index in [1.165, 1.54) is 0 Å². The van der Waals surface area contributed by atoms with Crippen LogP contribution >= 0.6 is 0 Å². The zero-order valence-corrected chi connectivity index (χ0v) is 24.5. The van der Waals surface area contributed by atoms with Gasteiger partial charge in [-0.1, -0.05) is 133 Å². The van der Waals surface area contributed by atoms with Crippen molar-refractivity contribution >= 4 is 60.4 Å². The van der Waals surface area contributed by atoms with Crippen molar-refractivity contribution in [3.05, 3.63) is 156 Å². The maximum absolute atomic E-state index is 15.1. The molecule has 1 fully saturated rings. The molecule has 3 nitrogen and oxygen atoms in total. The standard InChI is InChI=1S/C42H28O3/c43-27-23-38(36-21-25-11-1-3-13-28(25)30-15-5-7-17-32(30)36)42(40(44)34-19-9-10-20-35(34)41(42)45)39(24-27)37-22-26-12-2-4-14-29(26)31-16-6-8-18-33(31)37/h1-22,38-39H,23-24H2/t38-,39-/m1/s1. The lowest BCUT2D eigenvalue weighted by Crippen LogP contribution is -2.49. The third-order valence-corrected chi connectivity index (χ3v) is 10.5. The molecule has 0 saturated heterocycles. The summed E-state index contributed by atoms with van der Waals surface area (Å²) < 4.78 is 0. The fraction of sp³-hybridized carbons (Fsp3) is 0.119. The van der Waals surface area contributed by atoms with E-state index in [0.29, 0.717) is 11.1 Å². The first kappa shape index (κ1) is 26.0. The van der Waals surface area contributed by atoms with Crippen LogP contribution in [0.4, 0.5) is 0 Å². The van der Waals surface area contributed by atoms with Crippen molar-refractivity contribution in [3.63, 3.8) is 0 Å². The number of fused-ring (bicyclic) bond motifs is 7. The van der Waals surface area contributed by atoms with Gasteiger partial charge in [0.05, 0.1) is 0 Å². The van der Waals surface area contributed by atoms with Gasteiger partial charge in [-0.2, -0.15) is 0 Å². The van der Waals surface area contributed by atoms with Crippen molar-refractivity contribution in [3.8, 4) is 0 Å². The van der Waals surface area contributed by atoms with Crippen molar-refractivity contribution < 1.29 is 14.4 Å². The van der Waals surface area contributed by atoms with Gasteiger partial charge in [0.15, 0.2) is 11.6 Å². The zero-order chi connectivity index (χ0) is 30.3. The highest BCUT2D eigenvalue weighted by Gasteiger charge is 2.65. The van der Waals surface area contributed by atoms with Crippen LogP contribution in [0.2, 0.25) is 0 Å². The van der Waals surface area contributed by atoms with E-state index in [0.717, 1.165) is 54.2 Å². The first-order chi connectivity index (χ1) is 22.1. The van der Waals surface area contributed by atoms with E-state index in [4.69, 9.17) is 0 Å². The van der Waals surface area contributed by atoms with E-state index in [1.807, 2.05) is 60.7 Å². The molecule has 214 valence electrons. The topological polar surface area (TPSA) is 51.2 Å². The maximum atomic E-state index is 15.1. The van der Waals surface area contributed by atoms with Crippen molar-refractivity contribution in [2.75, 3.05) is 0 Å². The molecule has 9 rings (SSSR count). The van der Waals surface area contributed by atoms with E-state index < -0.39 is 17.3 Å². The lowest BCUT2D eigenvalue weighted by molar-refractivity contribution is -0.122. The molecule has 0 unspecified atom stereocenters. The van der Waals surface area contributed by atoms with Crippen molar-refractivity contribution in [2.45, 2.75) is 24.7 Å². The molecule has 0 aromatic heterocycles. The Hall–Kier alpha value is -5.41. The fourth-order valence-corrected chi connectivity index (χ4v) is 8.62. The Bertz CT molecular complexity index is 2250. The summed E-state index contributed by atoms with van der Waals surface area (Å²) in [6, 6.07) is 44.3. The summed E-state index contributed by atoms with van der Waals surface area (Å²) >= 11 is 0. The van der Waals surface area contributed by atoms with Crippen LogP contribution in [0.3, 0.4) is 0 Å². The first-order valence-electron chi connectivity index (χ1n) is 15.6. The molecular weight excluding hydrogens is 552 g/mol. The lowest BCUT2D eigenvalue weighted by atomic mass is 9.53. The quantitative estimate of drug-likeness (QED) is 0.151. The molecular formula is C42H28O3. The second-order valence-corrected chi connectivity index (χ2v) is 12.6. The molecule has 0 radical (unpaired) electrons.